The molecule has 9 heteroatoms. The number of fused-ring (bicyclic) bond motifs is 2. The van der Waals surface area contributed by atoms with Crippen molar-refractivity contribution >= 4 is 6.09 Å². The summed E-state index contributed by atoms with van der Waals surface area (Å²) in [5, 5.41) is 0. The van der Waals surface area contributed by atoms with Crippen molar-refractivity contribution in [3.63, 3.8) is 0 Å². The minimum atomic E-state index is -5.64. The number of rotatable bonds is 3. The van der Waals surface area contributed by atoms with Crippen LogP contribution < -0.4 is 0 Å². The Kier molecular flexibility index (Phi) is 4.12. The molecule has 0 unspecified atom stereocenters. The molecule has 0 aromatic rings. The first-order valence-electron chi connectivity index (χ1n) is 6.85. The fourth-order valence-corrected chi connectivity index (χ4v) is 3.13. The molecule has 2 bridgehead atoms. The smallest absolute Gasteiger partial charge is 0.421 e. The number of carbonyl (C=O) groups excluding carboxylic acids is 1. The van der Waals surface area contributed by atoms with Gasteiger partial charge in [0.05, 0.1) is 12.6 Å². The van der Waals surface area contributed by atoms with Gasteiger partial charge in [0.2, 0.25) is 5.54 Å². The summed E-state index contributed by atoms with van der Waals surface area (Å²) in [5.41, 5.74) is -4.21. The van der Waals surface area contributed by atoms with E-state index in [1.165, 1.54) is 6.08 Å². The maximum Gasteiger partial charge on any atom is 0.421 e. The van der Waals surface area contributed by atoms with Crippen molar-refractivity contribution < 1.29 is 35.9 Å². The van der Waals surface area contributed by atoms with Crippen LogP contribution in [-0.2, 0) is 4.74 Å². The molecule has 1 fully saturated rings. The molecule has 1 aliphatic heterocycles. The fourth-order valence-electron chi connectivity index (χ4n) is 3.13. The highest BCUT2D eigenvalue weighted by Gasteiger charge is 2.82. The Labute approximate surface area is 122 Å². The van der Waals surface area contributed by atoms with E-state index in [9.17, 15) is 31.1 Å². The van der Waals surface area contributed by atoms with E-state index in [0.717, 1.165) is 6.08 Å². The summed E-state index contributed by atoms with van der Waals surface area (Å²) >= 11 is 0. The summed E-state index contributed by atoms with van der Waals surface area (Å²) in [5.74, 6) is -1.84. The van der Waals surface area contributed by atoms with Crippen molar-refractivity contribution in [2.75, 3.05) is 6.61 Å². The Balaban J connectivity index is 2.41. The molecule has 0 radical (unpaired) electrons. The van der Waals surface area contributed by atoms with Gasteiger partial charge < -0.3 is 4.74 Å². The van der Waals surface area contributed by atoms with Gasteiger partial charge in [-0.1, -0.05) is 25.5 Å². The van der Waals surface area contributed by atoms with Crippen molar-refractivity contribution in [1.82, 2.24) is 4.90 Å². The molecular formula is C13H15F6NO2. The number of ether oxygens (including phenoxy) is 1. The quantitative estimate of drug-likeness (QED) is 0.444. The summed E-state index contributed by atoms with van der Waals surface area (Å²) in [7, 11) is 0. The zero-order valence-corrected chi connectivity index (χ0v) is 11.7. The third kappa shape index (κ3) is 2.25. The number of hydrogen-bond acceptors (Lipinski definition) is 2. The number of nitrogens with zero attached hydrogens (tertiary/aromatic N) is 1. The van der Waals surface area contributed by atoms with Crippen LogP contribution in [0, 0.1) is 5.92 Å². The number of alkyl halides is 6. The van der Waals surface area contributed by atoms with Crippen molar-refractivity contribution in [1.29, 1.82) is 0 Å². The number of likely N-dealkylation sites (tertiary alicyclic amines) is 1. The zero-order chi connectivity index (χ0) is 16.8. The number of carbonyl (C=O) groups is 1. The molecule has 3 nitrogen and oxygen atoms in total. The third-order valence-corrected chi connectivity index (χ3v) is 4.09. The maximum absolute atomic E-state index is 13.4. The third-order valence-electron chi connectivity index (χ3n) is 4.09. The summed E-state index contributed by atoms with van der Waals surface area (Å²) in [6.07, 6.45) is -10.2. The van der Waals surface area contributed by atoms with Gasteiger partial charge in [-0.25, -0.2) is 4.79 Å². The molecule has 2 aliphatic rings. The normalized spacial score (nSPS) is 26.6. The molecule has 2 atom stereocenters. The number of halogens is 6. The zero-order valence-electron chi connectivity index (χ0n) is 11.7. The van der Waals surface area contributed by atoms with Crippen LogP contribution >= 0.6 is 0 Å². The van der Waals surface area contributed by atoms with Gasteiger partial charge in [0, 0.05) is 5.92 Å². The number of unbranched alkanes of at least 4 members (excludes halogenated alkanes) is 1. The predicted octanol–water partition coefficient (Wildman–Crippen LogP) is 4.05. The standard InChI is InChI=1S/C13H15F6NO2/c1-2-3-6-22-10(21)20-9-5-4-8(7-9)11(20,12(14,15)16)13(17,18)19/h4-5,8-9H,2-3,6-7H2,1H3/t8-,9+/m0/s1. The summed E-state index contributed by atoms with van der Waals surface area (Å²) in [6, 6.07) is -1.25. The van der Waals surface area contributed by atoms with Gasteiger partial charge in [0.1, 0.15) is 0 Å². The van der Waals surface area contributed by atoms with Crippen molar-refractivity contribution in [3.8, 4) is 0 Å². The summed E-state index contributed by atoms with van der Waals surface area (Å²) in [6.45, 7) is 1.54. The van der Waals surface area contributed by atoms with Crippen LogP contribution in [0.5, 0.6) is 0 Å². The monoisotopic (exact) mass is 331 g/mol. The molecule has 0 aromatic carbocycles. The molecule has 1 heterocycles. The Morgan fingerprint density at radius 1 is 1.23 bits per heavy atom. The van der Waals surface area contributed by atoms with Crippen molar-refractivity contribution in [3.05, 3.63) is 12.2 Å². The van der Waals surface area contributed by atoms with Gasteiger partial charge in [-0.2, -0.15) is 26.3 Å². The fraction of sp³-hybridized carbons (Fsp3) is 0.769. The Hall–Kier alpha value is -1.41. The first-order chi connectivity index (χ1) is 10.1. The van der Waals surface area contributed by atoms with E-state index in [1.54, 1.807) is 6.92 Å². The maximum atomic E-state index is 13.4. The highest BCUT2D eigenvalue weighted by Crippen LogP contribution is 2.60. The van der Waals surface area contributed by atoms with E-state index >= 15 is 0 Å². The minimum Gasteiger partial charge on any atom is -0.449 e. The van der Waals surface area contributed by atoms with Gasteiger partial charge >= 0.3 is 18.4 Å². The molecule has 126 valence electrons. The minimum absolute atomic E-state index is 0.173. The highest BCUT2D eigenvalue weighted by atomic mass is 19.4. The molecule has 1 saturated heterocycles. The second-order valence-electron chi connectivity index (χ2n) is 5.39. The van der Waals surface area contributed by atoms with E-state index in [2.05, 4.69) is 4.74 Å². The SMILES string of the molecule is CCCCOC(=O)N1[C@@H]2C=C[C@@H](C2)C1(C(F)(F)F)C(F)(F)F. The van der Waals surface area contributed by atoms with Crippen LogP contribution in [0.2, 0.25) is 0 Å². The predicted molar refractivity (Wildman–Crippen MR) is 64.0 cm³/mol. The van der Waals surface area contributed by atoms with Gasteiger partial charge in [0.25, 0.3) is 0 Å². The molecule has 2 rings (SSSR count). The van der Waals surface area contributed by atoms with Crippen LogP contribution in [0.4, 0.5) is 31.1 Å². The Morgan fingerprint density at radius 3 is 2.32 bits per heavy atom. The molecular weight excluding hydrogens is 316 g/mol. The van der Waals surface area contributed by atoms with Crippen LogP contribution in [-0.4, -0.2) is 41.5 Å². The summed E-state index contributed by atoms with van der Waals surface area (Å²) < 4.78 is 84.8. The van der Waals surface area contributed by atoms with E-state index in [4.69, 9.17) is 0 Å². The first-order valence-corrected chi connectivity index (χ1v) is 6.85. The molecule has 0 spiro atoms. The average Bonchev–Trinajstić information content (AvgIpc) is 2.95. The van der Waals surface area contributed by atoms with Crippen LogP contribution in [0.25, 0.3) is 0 Å². The lowest BCUT2D eigenvalue weighted by molar-refractivity contribution is -0.337. The van der Waals surface area contributed by atoms with Crippen LogP contribution in [0.3, 0.4) is 0 Å². The van der Waals surface area contributed by atoms with E-state index in [0.29, 0.717) is 12.8 Å². The molecule has 1 aliphatic carbocycles. The van der Waals surface area contributed by atoms with E-state index in [-0.39, 0.29) is 11.5 Å². The average molecular weight is 331 g/mol. The second-order valence-corrected chi connectivity index (χ2v) is 5.39. The van der Waals surface area contributed by atoms with Gasteiger partial charge in [-0.3, -0.25) is 4.90 Å². The van der Waals surface area contributed by atoms with E-state index < -0.39 is 42.4 Å². The molecule has 0 aromatic heterocycles. The molecule has 0 saturated carbocycles. The lowest BCUT2D eigenvalue weighted by Crippen LogP contribution is -2.70. The molecule has 22 heavy (non-hydrogen) atoms. The van der Waals surface area contributed by atoms with Crippen LogP contribution in [0.15, 0.2) is 12.2 Å². The van der Waals surface area contributed by atoms with Crippen LogP contribution in [0.1, 0.15) is 26.2 Å². The van der Waals surface area contributed by atoms with Gasteiger partial charge in [0.15, 0.2) is 0 Å². The lowest BCUT2D eigenvalue weighted by atomic mass is 9.83. The number of hydrogen-bond donors (Lipinski definition) is 0. The topological polar surface area (TPSA) is 29.5 Å². The van der Waals surface area contributed by atoms with Gasteiger partial charge in [-0.05, 0) is 12.8 Å². The molecule has 0 N–H and O–H groups in total. The van der Waals surface area contributed by atoms with Crippen molar-refractivity contribution in [2.45, 2.75) is 50.1 Å². The highest BCUT2D eigenvalue weighted by molar-refractivity contribution is 5.71. The van der Waals surface area contributed by atoms with E-state index in [1.807, 2.05) is 0 Å². The molecule has 1 amide bonds. The Morgan fingerprint density at radius 2 is 1.82 bits per heavy atom. The second kappa shape index (κ2) is 5.34. The largest absolute Gasteiger partial charge is 0.449 e. The van der Waals surface area contributed by atoms with Crippen molar-refractivity contribution in [2.24, 2.45) is 5.92 Å². The number of amides is 1. The first kappa shape index (κ1) is 17.0. The summed E-state index contributed by atoms with van der Waals surface area (Å²) in [4.78, 5) is 11.7. The lowest BCUT2D eigenvalue weighted by Gasteiger charge is -2.45. The van der Waals surface area contributed by atoms with Gasteiger partial charge in [-0.15, -0.1) is 0 Å². The Bertz CT molecular complexity index is 456.